The van der Waals surface area contributed by atoms with Crippen LogP contribution in [0.5, 0.6) is 0 Å². The van der Waals surface area contributed by atoms with Crippen molar-refractivity contribution in [2.24, 2.45) is 0 Å². The summed E-state index contributed by atoms with van der Waals surface area (Å²) in [5, 5.41) is 13.5. The summed E-state index contributed by atoms with van der Waals surface area (Å²) in [6.45, 7) is 1.98. The number of nitrogens with two attached hydrogens (primary N) is 1. The van der Waals surface area contributed by atoms with Gasteiger partial charge in [0.1, 0.15) is 6.07 Å². The Kier molecular flexibility index (Phi) is 4.39. The standard InChI is InChI=1S/C15H13Cl2N3/c1-9(13-4-2-11(16)7-14(13)17)20-12-3-5-15(19)10(6-12)8-18/h2-7,9,20H,19H2,1H3. The number of rotatable bonds is 3. The number of anilines is 2. The van der Waals surface area contributed by atoms with Crippen LogP contribution >= 0.6 is 23.2 Å². The van der Waals surface area contributed by atoms with E-state index in [2.05, 4.69) is 11.4 Å². The molecule has 0 saturated carbocycles. The number of halogens is 2. The summed E-state index contributed by atoms with van der Waals surface area (Å²) in [7, 11) is 0. The third-order valence-corrected chi connectivity index (χ3v) is 3.55. The summed E-state index contributed by atoms with van der Waals surface area (Å²) >= 11 is 12.1. The Morgan fingerprint density at radius 2 is 1.95 bits per heavy atom. The second-order valence-corrected chi connectivity index (χ2v) is 5.29. The monoisotopic (exact) mass is 305 g/mol. The summed E-state index contributed by atoms with van der Waals surface area (Å²) in [6.07, 6.45) is 0. The molecule has 0 aromatic heterocycles. The van der Waals surface area contributed by atoms with E-state index in [9.17, 15) is 0 Å². The zero-order chi connectivity index (χ0) is 14.7. The molecule has 0 heterocycles. The maximum atomic E-state index is 8.98. The van der Waals surface area contributed by atoms with E-state index in [0.29, 0.717) is 21.3 Å². The van der Waals surface area contributed by atoms with E-state index in [0.717, 1.165) is 11.3 Å². The molecule has 0 aliphatic heterocycles. The van der Waals surface area contributed by atoms with Crippen LogP contribution in [0.1, 0.15) is 24.1 Å². The summed E-state index contributed by atoms with van der Waals surface area (Å²) < 4.78 is 0. The lowest BCUT2D eigenvalue weighted by Crippen LogP contribution is -2.07. The summed E-state index contributed by atoms with van der Waals surface area (Å²) in [5.41, 5.74) is 8.36. The normalized spacial score (nSPS) is 11.7. The van der Waals surface area contributed by atoms with Gasteiger partial charge in [-0.25, -0.2) is 0 Å². The van der Waals surface area contributed by atoms with E-state index in [1.807, 2.05) is 19.1 Å². The van der Waals surface area contributed by atoms with Crippen molar-refractivity contribution >= 4 is 34.6 Å². The van der Waals surface area contributed by atoms with Gasteiger partial charge in [-0.15, -0.1) is 0 Å². The molecule has 0 saturated heterocycles. The summed E-state index contributed by atoms with van der Waals surface area (Å²) in [6, 6.07) is 12.7. The molecule has 0 spiro atoms. The molecule has 102 valence electrons. The minimum atomic E-state index is -0.0186. The van der Waals surface area contributed by atoms with Gasteiger partial charge in [0.15, 0.2) is 0 Å². The topological polar surface area (TPSA) is 61.8 Å². The number of nitriles is 1. The first-order chi connectivity index (χ1) is 9.51. The Bertz CT molecular complexity index is 677. The molecule has 5 heteroatoms. The van der Waals surface area contributed by atoms with Gasteiger partial charge in [-0.2, -0.15) is 5.26 Å². The molecule has 1 atom stereocenters. The van der Waals surface area contributed by atoms with Crippen LogP contribution in [0.2, 0.25) is 10.0 Å². The van der Waals surface area contributed by atoms with Crippen molar-refractivity contribution in [3.05, 3.63) is 57.6 Å². The zero-order valence-electron chi connectivity index (χ0n) is 10.8. The molecule has 0 aliphatic rings. The van der Waals surface area contributed by atoms with Crippen LogP contribution in [0.4, 0.5) is 11.4 Å². The van der Waals surface area contributed by atoms with E-state index in [-0.39, 0.29) is 6.04 Å². The quantitative estimate of drug-likeness (QED) is 0.813. The van der Waals surface area contributed by atoms with Crippen LogP contribution < -0.4 is 11.1 Å². The highest BCUT2D eigenvalue weighted by molar-refractivity contribution is 6.35. The molecule has 20 heavy (non-hydrogen) atoms. The fourth-order valence-electron chi connectivity index (χ4n) is 1.92. The van der Waals surface area contributed by atoms with Crippen molar-refractivity contribution in [2.75, 3.05) is 11.1 Å². The first-order valence-corrected chi connectivity index (χ1v) is 6.78. The molecule has 0 aliphatic carbocycles. The fraction of sp³-hybridized carbons (Fsp3) is 0.133. The molecule has 3 nitrogen and oxygen atoms in total. The summed E-state index contributed by atoms with van der Waals surface area (Å²) in [5.74, 6) is 0. The number of nitrogens with zero attached hydrogens (tertiary/aromatic N) is 1. The predicted molar refractivity (Wildman–Crippen MR) is 84.1 cm³/mol. The van der Waals surface area contributed by atoms with E-state index in [1.54, 1.807) is 24.3 Å². The molecule has 0 bridgehead atoms. The van der Waals surface area contributed by atoms with Crippen LogP contribution in [0.15, 0.2) is 36.4 Å². The maximum Gasteiger partial charge on any atom is 0.101 e. The predicted octanol–water partition coefficient (Wildman–Crippen LogP) is 4.62. The Morgan fingerprint density at radius 1 is 1.20 bits per heavy atom. The van der Waals surface area contributed by atoms with Crippen LogP contribution in [-0.4, -0.2) is 0 Å². The van der Waals surface area contributed by atoms with Crippen molar-refractivity contribution in [1.82, 2.24) is 0 Å². The van der Waals surface area contributed by atoms with Gasteiger partial charge in [0.25, 0.3) is 0 Å². The second kappa shape index (κ2) is 6.04. The zero-order valence-corrected chi connectivity index (χ0v) is 12.3. The van der Waals surface area contributed by atoms with E-state index in [4.69, 9.17) is 34.2 Å². The molecule has 3 N–H and O–H groups in total. The Labute approximate surface area is 127 Å². The molecule has 2 aromatic carbocycles. The van der Waals surface area contributed by atoms with E-state index < -0.39 is 0 Å². The number of hydrogen-bond acceptors (Lipinski definition) is 3. The maximum absolute atomic E-state index is 8.98. The van der Waals surface area contributed by atoms with Gasteiger partial charge in [-0.3, -0.25) is 0 Å². The van der Waals surface area contributed by atoms with Gasteiger partial charge >= 0.3 is 0 Å². The van der Waals surface area contributed by atoms with Crippen molar-refractivity contribution in [2.45, 2.75) is 13.0 Å². The highest BCUT2D eigenvalue weighted by Gasteiger charge is 2.10. The van der Waals surface area contributed by atoms with Crippen LogP contribution in [0, 0.1) is 11.3 Å². The number of benzene rings is 2. The van der Waals surface area contributed by atoms with E-state index >= 15 is 0 Å². The SMILES string of the molecule is CC(Nc1ccc(N)c(C#N)c1)c1ccc(Cl)cc1Cl. The van der Waals surface area contributed by atoms with Gasteiger partial charge in [0, 0.05) is 27.5 Å². The van der Waals surface area contributed by atoms with Crippen LogP contribution in [-0.2, 0) is 0 Å². The molecular formula is C15H13Cl2N3. The van der Waals surface area contributed by atoms with Gasteiger partial charge < -0.3 is 11.1 Å². The molecule has 0 radical (unpaired) electrons. The summed E-state index contributed by atoms with van der Waals surface area (Å²) in [4.78, 5) is 0. The third kappa shape index (κ3) is 3.16. The van der Waals surface area contributed by atoms with Crippen molar-refractivity contribution in [1.29, 1.82) is 5.26 Å². The van der Waals surface area contributed by atoms with Gasteiger partial charge in [-0.1, -0.05) is 29.3 Å². The smallest absolute Gasteiger partial charge is 0.101 e. The molecule has 0 fully saturated rings. The largest absolute Gasteiger partial charge is 0.398 e. The lowest BCUT2D eigenvalue weighted by atomic mass is 10.1. The molecule has 2 aromatic rings. The van der Waals surface area contributed by atoms with Crippen LogP contribution in [0.25, 0.3) is 0 Å². The molecule has 1 unspecified atom stereocenters. The fourth-order valence-corrected chi connectivity index (χ4v) is 2.50. The first-order valence-electron chi connectivity index (χ1n) is 6.02. The Hall–Kier alpha value is -1.89. The Balaban J connectivity index is 2.23. The minimum absolute atomic E-state index is 0.0186. The molecular weight excluding hydrogens is 293 g/mol. The molecule has 0 amide bonds. The number of nitrogens with one attached hydrogen (secondary N) is 1. The van der Waals surface area contributed by atoms with Gasteiger partial charge in [0.05, 0.1) is 5.56 Å². The lowest BCUT2D eigenvalue weighted by Gasteiger charge is -2.17. The average Bonchev–Trinajstić information content (AvgIpc) is 2.40. The molecule has 2 rings (SSSR count). The number of hydrogen-bond donors (Lipinski definition) is 2. The minimum Gasteiger partial charge on any atom is -0.398 e. The highest BCUT2D eigenvalue weighted by atomic mass is 35.5. The van der Waals surface area contributed by atoms with Gasteiger partial charge in [0.2, 0.25) is 0 Å². The third-order valence-electron chi connectivity index (χ3n) is 2.99. The second-order valence-electron chi connectivity index (χ2n) is 4.45. The van der Waals surface area contributed by atoms with Gasteiger partial charge in [-0.05, 0) is 42.8 Å². The Morgan fingerprint density at radius 3 is 2.60 bits per heavy atom. The van der Waals surface area contributed by atoms with Crippen LogP contribution in [0.3, 0.4) is 0 Å². The van der Waals surface area contributed by atoms with Crippen molar-refractivity contribution in [3.8, 4) is 6.07 Å². The first kappa shape index (κ1) is 14.5. The van der Waals surface area contributed by atoms with Crippen molar-refractivity contribution < 1.29 is 0 Å². The average molecular weight is 306 g/mol. The highest BCUT2D eigenvalue weighted by Crippen LogP contribution is 2.29. The van der Waals surface area contributed by atoms with Crippen molar-refractivity contribution in [3.63, 3.8) is 0 Å². The van der Waals surface area contributed by atoms with E-state index in [1.165, 1.54) is 0 Å². The lowest BCUT2D eigenvalue weighted by molar-refractivity contribution is 0.885. The number of nitrogen functional groups attached to an aromatic ring is 1.